The van der Waals surface area contributed by atoms with Crippen molar-refractivity contribution < 1.29 is 30.0 Å². The molecule has 0 unspecified atom stereocenters. The number of aliphatic hydroxyl groups is 1. The zero-order valence-electron chi connectivity index (χ0n) is 30.8. The minimum Gasteiger partial charge on any atom is -0.512 e. The molecule has 0 amide bonds. The summed E-state index contributed by atoms with van der Waals surface area (Å²) in [6.07, 6.45) is 7.97. The van der Waals surface area contributed by atoms with Gasteiger partial charge in [-0.05, 0) is 84.2 Å². The van der Waals surface area contributed by atoms with E-state index in [0.29, 0.717) is 5.92 Å². The van der Waals surface area contributed by atoms with Crippen LogP contribution >= 0.6 is 11.3 Å². The summed E-state index contributed by atoms with van der Waals surface area (Å²) in [5.41, 5.74) is 5.82. The summed E-state index contributed by atoms with van der Waals surface area (Å²) in [5, 5.41) is 13.5. The SMILES string of the molecule is CC(C)Cc1cc2cc(-c3ccnc(-c4[c-]c5ccccc5c(C(C)(C)C)c4)c3)ccc2s1.CCC(CC)C(=O)/C=C(\O)C(CC)CC.[Ir]. The summed E-state index contributed by atoms with van der Waals surface area (Å²) >= 11 is 1.92. The number of aliphatic hydroxyl groups excluding tert-OH is 1. The zero-order valence-corrected chi connectivity index (χ0v) is 34.0. The zero-order chi connectivity index (χ0) is 35.0. The number of fused-ring (bicyclic) bond motifs is 2. The maximum absolute atomic E-state index is 11.7. The normalized spacial score (nSPS) is 12.0. The number of carbonyl (C=O) groups is 1. The van der Waals surface area contributed by atoms with Crippen LogP contribution in [0.15, 0.2) is 84.8 Å². The Morgan fingerprint density at radius 1 is 0.878 bits per heavy atom. The first kappa shape index (κ1) is 40.3. The molecule has 0 saturated carbocycles. The Balaban J connectivity index is 0.000000347. The number of allylic oxidation sites excluding steroid dienone is 2. The van der Waals surface area contributed by atoms with Crippen LogP contribution in [0.4, 0.5) is 0 Å². The molecule has 0 bridgehead atoms. The number of hydrogen-bond acceptors (Lipinski definition) is 4. The molecule has 1 N–H and O–H groups in total. The maximum atomic E-state index is 11.7. The van der Waals surface area contributed by atoms with Gasteiger partial charge in [-0.3, -0.25) is 9.78 Å². The van der Waals surface area contributed by atoms with Gasteiger partial charge in [-0.2, -0.15) is 0 Å². The molecule has 5 heteroatoms. The maximum Gasteiger partial charge on any atom is 0.162 e. The van der Waals surface area contributed by atoms with Crippen LogP contribution in [-0.4, -0.2) is 15.9 Å². The largest absolute Gasteiger partial charge is 0.512 e. The molecule has 0 aliphatic heterocycles. The fourth-order valence-corrected chi connectivity index (χ4v) is 7.56. The van der Waals surface area contributed by atoms with Crippen molar-refractivity contribution in [3.8, 4) is 22.4 Å². The van der Waals surface area contributed by atoms with E-state index in [1.807, 2.05) is 45.2 Å². The van der Waals surface area contributed by atoms with E-state index in [1.54, 1.807) is 0 Å². The van der Waals surface area contributed by atoms with Crippen LogP contribution in [0.1, 0.15) is 98.4 Å². The van der Waals surface area contributed by atoms with Gasteiger partial charge >= 0.3 is 0 Å². The standard InChI is InChI=1S/C31H30NS.C13H24O2.Ir/c1-20(2)14-26-17-25-15-21(10-11-30(25)33-26)22-12-13-32-29(19-22)24-16-23-8-6-7-9-27(23)28(18-24)31(3,4)5;1-5-10(6-2)12(14)9-13(15)11(7-3)8-4;/h6-13,15,17-20H,14H2,1-5H3;9-11,14H,5-8H2,1-4H3;/q-1;;/b;12-9-;. The molecule has 3 nitrogen and oxygen atoms in total. The van der Waals surface area contributed by atoms with E-state index in [2.05, 4.69) is 107 Å². The Kier molecular flexibility index (Phi) is 15.0. The fraction of sp³-hybridized carbons (Fsp3) is 0.409. The molecule has 1 radical (unpaired) electrons. The predicted molar refractivity (Wildman–Crippen MR) is 208 cm³/mol. The van der Waals surface area contributed by atoms with Gasteiger partial charge in [0, 0.05) is 59.5 Å². The van der Waals surface area contributed by atoms with Gasteiger partial charge in [0.15, 0.2) is 5.78 Å². The van der Waals surface area contributed by atoms with Gasteiger partial charge in [0.25, 0.3) is 0 Å². The molecule has 0 saturated heterocycles. The van der Waals surface area contributed by atoms with Crippen molar-refractivity contribution in [3.05, 3.63) is 101 Å². The van der Waals surface area contributed by atoms with Gasteiger partial charge in [-0.25, -0.2) is 0 Å². The second-order valence-corrected chi connectivity index (χ2v) is 15.6. The average molecular weight is 853 g/mol. The van der Waals surface area contributed by atoms with E-state index in [0.717, 1.165) is 48.7 Å². The molecule has 5 rings (SSSR count). The molecule has 0 atom stereocenters. The molecule has 0 aliphatic carbocycles. The summed E-state index contributed by atoms with van der Waals surface area (Å²) in [6, 6.07) is 27.9. The third kappa shape index (κ3) is 10.5. The van der Waals surface area contributed by atoms with Crippen molar-refractivity contribution in [2.75, 3.05) is 0 Å². The molecule has 2 heterocycles. The van der Waals surface area contributed by atoms with Crippen molar-refractivity contribution in [3.63, 3.8) is 0 Å². The first-order valence-electron chi connectivity index (χ1n) is 17.8. The van der Waals surface area contributed by atoms with Crippen molar-refractivity contribution in [1.82, 2.24) is 4.98 Å². The Morgan fingerprint density at radius 3 is 2.16 bits per heavy atom. The molecule has 49 heavy (non-hydrogen) atoms. The van der Waals surface area contributed by atoms with Crippen LogP contribution < -0.4 is 0 Å². The molecule has 0 spiro atoms. The number of ketones is 1. The van der Waals surface area contributed by atoms with Gasteiger partial charge in [0.2, 0.25) is 0 Å². The summed E-state index contributed by atoms with van der Waals surface area (Å²) < 4.78 is 1.36. The molecule has 3 aromatic carbocycles. The van der Waals surface area contributed by atoms with E-state index in [1.165, 1.54) is 43.1 Å². The molecule has 0 fully saturated rings. The Labute approximate surface area is 312 Å². The van der Waals surface area contributed by atoms with Gasteiger partial charge in [-0.1, -0.05) is 104 Å². The molecule has 2 aromatic heterocycles. The van der Waals surface area contributed by atoms with Crippen LogP contribution in [0.2, 0.25) is 0 Å². The second-order valence-electron chi connectivity index (χ2n) is 14.4. The fourth-order valence-electron chi connectivity index (χ4n) is 6.31. The van der Waals surface area contributed by atoms with Gasteiger partial charge in [0.1, 0.15) is 0 Å². The van der Waals surface area contributed by atoms with Crippen LogP contribution in [-0.2, 0) is 36.7 Å². The minimum atomic E-state index is 0. The number of nitrogens with zero attached hydrogens (tertiary/aromatic N) is 1. The van der Waals surface area contributed by atoms with E-state index < -0.39 is 0 Å². The van der Waals surface area contributed by atoms with Crippen LogP contribution in [0.5, 0.6) is 0 Å². The average Bonchev–Trinajstić information content (AvgIpc) is 3.46. The van der Waals surface area contributed by atoms with E-state index >= 15 is 0 Å². The number of pyridine rings is 1. The Bertz CT molecular complexity index is 1850. The number of hydrogen-bond donors (Lipinski definition) is 1. The summed E-state index contributed by atoms with van der Waals surface area (Å²) in [4.78, 5) is 17.9. The number of thiophene rings is 1. The second kappa shape index (κ2) is 18.2. The van der Waals surface area contributed by atoms with Crippen LogP contribution in [0, 0.1) is 23.8 Å². The predicted octanol–water partition coefficient (Wildman–Crippen LogP) is 12.9. The Morgan fingerprint density at radius 2 is 1.53 bits per heavy atom. The number of aromatic nitrogens is 1. The summed E-state index contributed by atoms with van der Waals surface area (Å²) in [5.74, 6) is 1.22. The Hall–Kier alpha value is -3.11. The van der Waals surface area contributed by atoms with E-state index in [-0.39, 0.29) is 48.9 Å². The topological polar surface area (TPSA) is 50.2 Å². The number of carbonyl (C=O) groups excluding carboxylic acids is 1. The third-order valence-electron chi connectivity index (χ3n) is 9.21. The number of rotatable bonds is 11. The van der Waals surface area contributed by atoms with E-state index in [4.69, 9.17) is 4.98 Å². The van der Waals surface area contributed by atoms with Crippen molar-refractivity contribution in [2.24, 2.45) is 17.8 Å². The smallest absolute Gasteiger partial charge is 0.162 e. The quantitative estimate of drug-likeness (QED) is 0.0818. The first-order chi connectivity index (χ1) is 22.9. The van der Waals surface area contributed by atoms with E-state index in [9.17, 15) is 9.90 Å². The van der Waals surface area contributed by atoms with Crippen LogP contribution in [0.3, 0.4) is 0 Å². The monoisotopic (exact) mass is 853 g/mol. The molecular formula is C44H54IrNO2S-. The van der Waals surface area contributed by atoms with Crippen molar-refractivity contribution >= 4 is 38.0 Å². The molecule has 0 aliphatic rings. The first-order valence-corrected chi connectivity index (χ1v) is 18.6. The van der Waals surface area contributed by atoms with Crippen LogP contribution in [0.25, 0.3) is 43.2 Å². The summed E-state index contributed by atoms with van der Waals surface area (Å²) in [6.45, 7) is 19.4. The third-order valence-corrected chi connectivity index (χ3v) is 10.3. The van der Waals surface area contributed by atoms with Gasteiger partial charge < -0.3 is 5.11 Å². The molecular weight excluding hydrogens is 799 g/mol. The molecule has 5 aromatic rings. The van der Waals surface area contributed by atoms with Gasteiger partial charge in [-0.15, -0.1) is 40.5 Å². The minimum absolute atomic E-state index is 0. The van der Waals surface area contributed by atoms with Gasteiger partial charge in [0.05, 0.1) is 5.76 Å². The molecule has 263 valence electrons. The summed E-state index contributed by atoms with van der Waals surface area (Å²) in [7, 11) is 0. The number of benzene rings is 3. The van der Waals surface area contributed by atoms with Crippen molar-refractivity contribution in [1.29, 1.82) is 0 Å². The van der Waals surface area contributed by atoms with Crippen molar-refractivity contribution in [2.45, 2.75) is 99.8 Å².